The van der Waals surface area contributed by atoms with Crippen LogP contribution in [0.5, 0.6) is 5.75 Å². The van der Waals surface area contributed by atoms with E-state index in [1.54, 1.807) is 0 Å². The minimum Gasteiger partial charge on any atom is -0.492 e. The number of anilines is 1. The molecule has 0 saturated carbocycles. The molecule has 0 bridgehead atoms. The lowest BCUT2D eigenvalue weighted by molar-refractivity contribution is -0.140. The molecule has 2 atom stereocenters. The first-order chi connectivity index (χ1) is 10.3. The Labute approximate surface area is 132 Å². The molecule has 5 heteroatoms. The topological polar surface area (TPSA) is 84.6 Å². The smallest absolute Gasteiger partial charge is 0.320 e. The van der Waals surface area contributed by atoms with Crippen molar-refractivity contribution in [1.29, 1.82) is 0 Å². The highest BCUT2D eigenvalue weighted by Gasteiger charge is 2.20. The van der Waals surface area contributed by atoms with Crippen LogP contribution in [0.4, 0.5) is 5.69 Å². The standard InChI is InChI=1S/C17H28N2O3/c1-5-22-16-7-6-13(10-14(16)18)9-12(4)19-15(17(20)21)8-11(2)3/h6-7,10-12,15,19H,5,8-9,18H2,1-4H3,(H,20,21). The highest BCUT2D eigenvalue weighted by molar-refractivity contribution is 5.73. The summed E-state index contributed by atoms with van der Waals surface area (Å²) in [6.45, 7) is 8.53. The molecule has 1 aromatic rings. The van der Waals surface area contributed by atoms with Crippen LogP contribution in [0.1, 0.15) is 39.7 Å². The first kappa shape index (κ1) is 18.3. The van der Waals surface area contributed by atoms with Crippen molar-refractivity contribution in [3.05, 3.63) is 23.8 Å². The number of nitrogens with one attached hydrogen (secondary N) is 1. The van der Waals surface area contributed by atoms with Gasteiger partial charge in [0.15, 0.2) is 0 Å². The summed E-state index contributed by atoms with van der Waals surface area (Å²) in [6.07, 6.45) is 1.34. The number of benzene rings is 1. The number of hydrogen-bond acceptors (Lipinski definition) is 4. The van der Waals surface area contributed by atoms with Gasteiger partial charge < -0.3 is 20.9 Å². The van der Waals surface area contributed by atoms with E-state index in [9.17, 15) is 9.90 Å². The Morgan fingerprint density at radius 3 is 2.55 bits per heavy atom. The summed E-state index contributed by atoms with van der Waals surface area (Å²) in [7, 11) is 0. The second-order valence-electron chi connectivity index (χ2n) is 6.10. The number of carbonyl (C=O) groups is 1. The van der Waals surface area contributed by atoms with Crippen LogP contribution in [0.25, 0.3) is 0 Å². The van der Waals surface area contributed by atoms with Crippen molar-refractivity contribution in [3.63, 3.8) is 0 Å². The zero-order chi connectivity index (χ0) is 16.7. The van der Waals surface area contributed by atoms with Gasteiger partial charge in [-0.05, 0) is 50.3 Å². The van der Waals surface area contributed by atoms with Crippen molar-refractivity contribution >= 4 is 11.7 Å². The van der Waals surface area contributed by atoms with Gasteiger partial charge in [0.25, 0.3) is 0 Å². The summed E-state index contributed by atoms with van der Waals surface area (Å²) in [5, 5.41) is 12.5. The van der Waals surface area contributed by atoms with Crippen LogP contribution in [-0.2, 0) is 11.2 Å². The van der Waals surface area contributed by atoms with E-state index >= 15 is 0 Å². The molecule has 124 valence electrons. The van der Waals surface area contributed by atoms with Crippen LogP contribution in [0.2, 0.25) is 0 Å². The summed E-state index contributed by atoms with van der Waals surface area (Å²) in [5.41, 5.74) is 7.64. The van der Waals surface area contributed by atoms with Crippen molar-refractivity contribution < 1.29 is 14.6 Å². The molecule has 5 nitrogen and oxygen atoms in total. The van der Waals surface area contributed by atoms with E-state index < -0.39 is 12.0 Å². The third-order valence-corrected chi connectivity index (χ3v) is 3.41. The van der Waals surface area contributed by atoms with Gasteiger partial charge in [0.05, 0.1) is 12.3 Å². The number of nitrogen functional groups attached to an aromatic ring is 1. The largest absolute Gasteiger partial charge is 0.492 e. The monoisotopic (exact) mass is 308 g/mol. The number of aliphatic carboxylic acids is 1. The Balaban J connectivity index is 2.65. The molecule has 0 aromatic heterocycles. The van der Waals surface area contributed by atoms with Crippen molar-refractivity contribution in [1.82, 2.24) is 5.32 Å². The second kappa shape index (κ2) is 8.63. The number of rotatable bonds is 9. The lowest BCUT2D eigenvalue weighted by Crippen LogP contribution is -2.43. The molecule has 22 heavy (non-hydrogen) atoms. The van der Waals surface area contributed by atoms with E-state index in [4.69, 9.17) is 10.5 Å². The van der Waals surface area contributed by atoms with Crippen LogP contribution < -0.4 is 15.8 Å². The van der Waals surface area contributed by atoms with Gasteiger partial charge in [-0.1, -0.05) is 19.9 Å². The van der Waals surface area contributed by atoms with Gasteiger partial charge in [-0.3, -0.25) is 4.79 Å². The molecule has 0 heterocycles. The molecule has 0 aliphatic carbocycles. The molecule has 1 rings (SSSR count). The van der Waals surface area contributed by atoms with Gasteiger partial charge >= 0.3 is 5.97 Å². The molecular formula is C17H28N2O3. The molecule has 0 aliphatic rings. The lowest BCUT2D eigenvalue weighted by atomic mass is 10.0. The average molecular weight is 308 g/mol. The molecule has 2 unspecified atom stereocenters. The summed E-state index contributed by atoms with van der Waals surface area (Å²) >= 11 is 0. The molecular weight excluding hydrogens is 280 g/mol. The number of nitrogens with two attached hydrogens (primary N) is 1. The SMILES string of the molecule is CCOc1ccc(CC(C)NC(CC(C)C)C(=O)O)cc1N. The van der Waals surface area contributed by atoms with Gasteiger partial charge in [0, 0.05) is 6.04 Å². The first-order valence-electron chi connectivity index (χ1n) is 7.83. The number of ether oxygens (including phenoxy) is 1. The van der Waals surface area contributed by atoms with Gasteiger partial charge in [-0.25, -0.2) is 0 Å². The molecule has 0 fully saturated rings. The van der Waals surface area contributed by atoms with Gasteiger partial charge in [0.2, 0.25) is 0 Å². The fourth-order valence-corrected chi connectivity index (χ4v) is 2.48. The fraction of sp³-hybridized carbons (Fsp3) is 0.588. The predicted molar refractivity (Wildman–Crippen MR) is 89.2 cm³/mol. The molecule has 0 saturated heterocycles. The normalized spacial score (nSPS) is 13.9. The zero-order valence-corrected chi connectivity index (χ0v) is 13.9. The Hall–Kier alpha value is -1.75. The van der Waals surface area contributed by atoms with E-state index in [1.807, 2.05) is 45.9 Å². The third kappa shape index (κ3) is 5.93. The quantitative estimate of drug-likeness (QED) is 0.611. The van der Waals surface area contributed by atoms with Gasteiger partial charge in [-0.15, -0.1) is 0 Å². The van der Waals surface area contributed by atoms with Crippen molar-refractivity contribution in [3.8, 4) is 5.75 Å². The first-order valence-corrected chi connectivity index (χ1v) is 7.83. The fourth-order valence-electron chi connectivity index (χ4n) is 2.48. The maximum absolute atomic E-state index is 11.3. The van der Waals surface area contributed by atoms with E-state index in [1.165, 1.54) is 0 Å². The van der Waals surface area contributed by atoms with E-state index in [-0.39, 0.29) is 6.04 Å². The van der Waals surface area contributed by atoms with Crippen molar-refractivity contribution in [2.45, 2.75) is 52.6 Å². The molecule has 4 N–H and O–H groups in total. The van der Waals surface area contributed by atoms with Crippen LogP contribution in [0, 0.1) is 5.92 Å². The van der Waals surface area contributed by atoms with Gasteiger partial charge in [-0.2, -0.15) is 0 Å². The third-order valence-electron chi connectivity index (χ3n) is 3.41. The lowest BCUT2D eigenvalue weighted by Gasteiger charge is -2.22. The van der Waals surface area contributed by atoms with Crippen LogP contribution in [-0.4, -0.2) is 29.8 Å². The van der Waals surface area contributed by atoms with Gasteiger partial charge in [0.1, 0.15) is 11.8 Å². The minimum absolute atomic E-state index is 0.0530. The number of carboxylic acids is 1. The maximum Gasteiger partial charge on any atom is 0.320 e. The number of hydrogen-bond donors (Lipinski definition) is 3. The number of carboxylic acid groups (broad SMARTS) is 1. The minimum atomic E-state index is -0.799. The Morgan fingerprint density at radius 1 is 1.36 bits per heavy atom. The molecule has 0 spiro atoms. The Kier molecular flexibility index (Phi) is 7.18. The van der Waals surface area contributed by atoms with Crippen LogP contribution >= 0.6 is 0 Å². The molecule has 1 aromatic carbocycles. The molecule has 0 aliphatic heterocycles. The van der Waals surface area contributed by atoms with Crippen molar-refractivity contribution in [2.24, 2.45) is 5.92 Å². The summed E-state index contributed by atoms with van der Waals surface area (Å²) in [5.74, 6) is 0.226. The van der Waals surface area contributed by atoms with Crippen molar-refractivity contribution in [2.75, 3.05) is 12.3 Å². The average Bonchev–Trinajstić information content (AvgIpc) is 2.40. The Morgan fingerprint density at radius 2 is 2.05 bits per heavy atom. The molecule has 0 radical (unpaired) electrons. The van der Waals surface area contributed by atoms with E-state index in [0.717, 1.165) is 12.0 Å². The maximum atomic E-state index is 11.3. The zero-order valence-electron chi connectivity index (χ0n) is 13.9. The van der Waals surface area contributed by atoms with Crippen LogP contribution in [0.3, 0.4) is 0 Å². The summed E-state index contributed by atoms with van der Waals surface area (Å²) in [4.78, 5) is 11.3. The molecule has 0 amide bonds. The summed E-state index contributed by atoms with van der Waals surface area (Å²) in [6, 6.07) is 5.26. The van der Waals surface area contributed by atoms with Crippen LogP contribution in [0.15, 0.2) is 18.2 Å². The van der Waals surface area contributed by atoms with E-state index in [2.05, 4.69) is 5.32 Å². The predicted octanol–water partition coefficient (Wildman–Crippen LogP) is 2.69. The summed E-state index contributed by atoms with van der Waals surface area (Å²) < 4.78 is 5.42. The highest BCUT2D eigenvalue weighted by Crippen LogP contribution is 2.23. The Bertz CT molecular complexity index is 489. The second-order valence-corrected chi connectivity index (χ2v) is 6.10. The highest BCUT2D eigenvalue weighted by atomic mass is 16.5. The van der Waals surface area contributed by atoms with E-state index in [0.29, 0.717) is 30.4 Å².